The van der Waals surface area contributed by atoms with Crippen molar-refractivity contribution >= 4 is 5.91 Å². The van der Waals surface area contributed by atoms with E-state index in [1.807, 2.05) is 6.07 Å². The average molecular weight is 259 g/mol. The van der Waals surface area contributed by atoms with Crippen molar-refractivity contribution < 1.29 is 4.79 Å². The molecule has 1 amide bonds. The van der Waals surface area contributed by atoms with Crippen LogP contribution in [0.3, 0.4) is 0 Å². The minimum atomic E-state index is -0.345. The summed E-state index contributed by atoms with van der Waals surface area (Å²) in [7, 11) is 0. The lowest BCUT2D eigenvalue weighted by Crippen LogP contribution is -2.30. The normalized spacial score (nSPS) is 14.2. The van der Waals surface area contributed by atoms with Crippen LogP contribution >= 0.6 is 0 Å². The number of nitrogens with two attached hydrogens (primary N) is 1. The molecule has 6 nitrogen and oxygen atoms in total. The van der Waals surface area contributed by atoms with E-state index in [0.29, 0.717) is 18.0 Å². The summed E-state index contributed by atoms with van der Waals surface area (Å²) in [5.41, 5.74) is 3.42. The zero-order valence-electron chi connectivity index (χ0n) is 10.7. The molecule has 1 aliphatic carbocycles. The van der Waals surface area contributed by atoms with Crippen LogP contribution in [0.1, 0.15) is 35.3 Å². The number of pyridine rings is 1. The van der Waals surface area contributed by atoms with Crippen LogP contribution in [0, 0.1) is 11.3 Å². The highest BCUT2D eigenvalue weighted by Gasteiger charge is 2.28. The van der Waals surface area contributed by atoms with Crippen molar-refractivity contribution in [3.8, 4) is 6.07 Å². The first-order chi connectivity index (χ1) is 9.24. The highest BCUT2D eigenvalue weighted by molar-refractivity contribution is 5.93. The van der Waals surface area contributed by atoms with Gasteiger partial charge in [0.2, 0.25) is 0 Å². The minimum Gasteiger partial charge on any atom is -0.294 e. The quantitative estimate of drug-likeness (QED) is 0.442. The van der Waals surface area contributed by atoms with Gasteiger partial charge in [0.1, 0.15) is 0 Å². The maximum atomic E-state index is 11.3. The first kappa shape index (κ1) is 13.5. The number of amides is 1. The van der Waals surface area contributed by atoms with Crippen molar-refractivity contribution in [3.05, 3.63) is 29.6 Å². The third-order valence-electron chi connectivity index (χ3n) is 3.16. The number of hydrazine groups is 1. The standard InChI is InChI=1S/C13H17N5O/c14-6-1-7-18(12-4-5-12)9-11-3-2-10(8-16-11)13(19)17-15/h2-3,8,12H,1,4-5,7,9,15H2,(H,17,19). The van der Waals surface area contributed by atoms with E-state index in [9.17, 15) is 4.79 Å². The van der Waals surface area contributed by atoms with Gasteiger partial charge in [-0.3, -0.25) is 20.1 Å². The summed E-state index contributed by atoms with van der Waals surface area (Å²) in [6.45, 7) is 1.49. The van der Waals surface area contributed by atoms with Gasteiger partial charge in [-0.05, 0) is 25.0 Å². The van der Waals surface area contributed by atoms with Crippen LogP contribution in [0.2, 0.25) is 0 Å². The molecule has 0 spiro atoms. The molecule has 1 fully saturated rings. The van der Waals surface area contributed by atoms with Crippen LogP contribution in [0.4, 0.5) is 0 Å². The fourth-order valence-electron chi connectivity index (χ4n) is 1.97. The van der Waals surface area contributed by atoms with Gasteiger partial charge in [-0.2, -0.15) is 5.26 Å². The number of carbonyl (C=O) groups excluding carboxylic acids is 1. The molecule has 6 heteroatoms. The van der Waals surface area contributed by atoms with Crippen LogP contribution in [0.15, 0.2) is 18.3 Å². The summed E-state index contributed by atoms with van der Waals surface area (Å²) in [5, 5.41) is 8.66. The number of nitrogens with one attached hydrogen (secondary N) is 1. The number of nitrogens with zero attached hydrogens (tertiary/aromatic N) is 3. The Kier molecular flexibility index (Phi) is 4.44. The van der Waals surface area contributed by atoms with E-state index < -0.39 is 0 Å². The van der Waals surface area contributed by atoms with Gasteiger partial charge in [-0.15, -0.1) is 0 Å². The van der Waals surface area contributed by atoms with Crippen molar-refractivity contribution in [1.82, 2.24) is 15.3 Å². The van der Waals surface area contributed by atoms with E-state index in [0.717, 1.165) is 18.8 Å². The number of rotatable bonds is 6. The first-order valence-electron chi connectivity index (χ1n) is 6.31. The van der Waals surface area contributed by atoms with Gasteiger partial charge in [-0.25, -0.2) is 5.84 Å². The Bertz CT molecular complexity index is 475. The number of hydrogen-bond acceptors (Lipinski definition) is 5. The van der Waals surface area contributed by atoms with Gasteiger partial charge in [-0.1, -0.05) is 0 Å². The largest absolute Gasteiger partial charge is 0.294 e. The fourth-order valence-corrected chi connectivity index (χ4v) is 1.97. The van der Waals surface area contributed by atoms with Gasteiger partial charge in [0, 0.05) is 31.7 Å². The molecule has 1 aliphatic rings. The fraction of sp³-hybridized carbons (Fsp3) is 0.462. The molecule has 0 atom stereocenters. The smallest absolute Gasteiger partial charge is 0.266 e. The zero-order valence-corrected chi connectivity index (χ0v) is 10.7. The van der Waals surface area contributed by atoms with Crippen LogP contribution in [-0.4, -0.2) is 28.4 Å². The lowest BCUT2D eigenvalue weighted by atomic mass is 10.2. The summed E-state index contributed by atoms with van der Waals surface area (Å²) >= 11 is 0. The Morgan fingerprint density at radius 3 is 2.89 bits per heavy atom. The maximum absolute atomic E-state index is 11.3. The SMILES string of the molecule is N#CCCN(Cc1ccc(C(=O)NN)cn1)C1CC1. The van der Waals surface area contributed by atoms with E-state index in [4.69, 9.17) is 11.1 Å². The second kappa shape index (κ2) is 6.27. The maximum Gasteiger partial charge on any atom is 0.266 e. The van der Waals surface area contributed by atoms with Gasteiger partial charge >= 0.3 is 0 Å². The molecule has 0 radical (unpaired) electrons. The van der Waals surface area contributed by atoms with Crippen molar-refractivity contribution in [1.29, 1.82) is 5.26 Å². The van der Waals surface area contributed by atoms with E-state index in [1.165, 1.54) is 19.0 Å². The van der Waals surface area contributed by atoms with Gasteiger partial charge in [0.25, 0.3) is 5.91 Å². The Balaban J connectivity index is 1.97. The third kappa shape index (κ3) is 3.74. The van der Waals surface area contributed by atoms with Crippen LogP contribution in [0.25, 0.3) is 0 Å². The Morgan fingerprint density at radius 2 is 2.37 bits per heavy atom. The first-order valence-corrected chi connectivity index (χ1v) is 6.31. The second-order valence-electron chi connectivity index (χ2n) is 4.62. The molecule has 2 rings (SSSR count). The van der Waals surface area contributed by atoms with Crippen LogP contribution < -0.4 is 11.3 Å². The van der Waals surface area contributed by atoms with Crippen LogP contribution in [-0.2, 0) is 6.54 Å². The van der Waals surface area contributed by atoms with E-state index in [-0.39, 0.29) is 5.91 Å². The minimum absolute atomic E-state index is 0.345. The van der Waals surface area contributed by atoms with Crippen molar-refractivity contribution in [2.24, 2.45) is 5.84 Å². The monoisotopic (exact) mass is 259 g/mol. The molecule has 0 aliphatic heterocycles. The molecule has 0 unspecified atom stereocenters. The van der Waals surface area contributed by atoms with E-state index in [2.05, 4.69) is 21.4 Å². The molecule has 1 aromatic heterocycles. The summed E-state index contributed by atoms with van der Waals surface area (Å²) in [6.07, 6.45) is 4.44. The van der Waals surface area contributed by atoms with E-state index in [1.54, 1.807) is 6.07 Å². The van der Waals surface area contributed by atoms with E-state index >= 15 is 0 Å². The number of aromatic nitrogens is 1. The summed E-state index contributed by atoms with van der Waals surface area (Å²) in [5.74, 6) is 4.71. The number of nitrogen functional groups attached to an aromatic ring is 1. The highest BCUT2D eigenvalue weighted by atomic mass is 16.2. The lowest BCUT2D eigenvalue weighted by Gasteiger charge is -2.20. The molecule has 0 saturated heterocycles. The van der Waals surface area contributed by atoms with Gasteiger partial charge in [0.05, 0.1) is 17.3 Å². The highest BCUT2D eigenvalue weighted by Crippen LogP contribution is 2.28. The molecule has 1 saturated carbocycles. The molecule has 19 heavy (non-hydrogen) atoms. The predicted octanol–water partition coefficient (Wildman–Crippen LogP) is 0.563. The van der Waals surface area contributed by atoms with Crippen molar-refractivity contribution in [2.45, 2.75) is 31.8 Å². The number of hydrogen-bond donors (Lipinski definition) is 2. The van der Waals surface area contributed by atoms with Gasteiger partial charge < -0.3 is 0 Å². The zero-order chi connectivity index (χ0) is 13.7. The Hall–Kier alpha value is -1.97. The third-order valence-corrected chi connectivity index (χ3v) is 3.16. The number of carbonyl (C=O) groups is 1. The average Bonchev–Trinajstić information content (AvgIpc) is 3.28. The van der Waals surface area contributed by atoms with Crippen molar-refractivity contribution in [2.75, 3.05) is 6.54 Å². The molecule has 1 aromatic rings. The second-order valence-corrected chi connectivity index (χ2v) is 4.62. The van der Waals surface area contributed by atoms with Crippen LogP contribution in [0.5, 0.6) is 0 Å². The molecule has 0 bridgehead atoms. The molecule has 100 valence electrons. The van der Waals surface area contributed by atoms with Gasteiger partial charge in [0.15, 0.2) is 0 Å². The molecule has 0 aromatic carbocycles. The molecular weight excluding hydrogens is 242 g/mol. The summed E-state index contributed by atoms with van der Waals surface area (Å²) < 4.78 is 0. The molecular formula is C13H17N5O. The topological polar surface area (TPSA) is 95.0 Å². The Labute approximate surface area is 112 Å². The molecule has 1 heterocycles. The summed E-state index contributed by atoms with van der Waals surface area (Å²) in [6, 6.07) is 6.29. The lowest BCUT2D eigenvalue weighted by molar-refractivity contribution is 0.0953. The number of nitriles is 1. The molecule has 3 N–H and O–H groups in total. The predicted molar refractivity (Wildman–Crippen MR) is 69.6 cm³/mol. The van der Waals surface area contributed by atoms with Crippen molar-refractivity contribution in [3.63, 3.8) is 0 Å². The Morgan fingerprint density at radius 1 is 1.58 bits per heavy atom. The summed E-state index contributed by atoms with van der Waals surface area (Å²) in [4.78, 5) is 17.8.